The minimum Gasteiger partial charge on any atom is -0.497 e. The molecule has 1 heterocycles. The fraction of sp³-hybridized carbons (Fsp3) is 0.286. The molecule has 1 aromatic carbocycles. The molecule has 0 spiro atoms. The van der Waals surface area contributed by atoms with Gasteiger partial charge in [0, 0.05) is 11.3 Å². The van der Waals surface area contributed by atoms with Crippen LogP contribution in [0, 0.1) is 6.92 Å². The Labute approximate surface area is 111 Å². The lowest BCUT2D eigenvalue weighted by molar-refractivity contribution is -0.136. The van der Waals surface area contributed by atoms with Gasteiger partial charge >= 0.3 is 5.97 Å². The van der Waals surface area contributed by atoms with Crippen molar-refractivity contribution >= 4 is 5.97 Å². The molecule has 0 bridgehead atoms. The molecule has 0 saturated heterocycles. The molecule has 2 rings (SSSR count). The van der Waals surface area contributed by atoms with E-state index in [2.05, 4.69) is 10.2 Å². The molecule has 19 heavy (non-hydrogen) atoms. The number of carboxylic acids is 1. The highest BCUT2D eigenvalue weighted by Gasteiger charge is 2.12. The van der Waals surface area contributed by atoms with E-state index in [1.54, 1.807) is 7.11 Å². The molecule has 5 nitrogen and oxygen atoms in total. The summed E-state index contributed by atoms with van der Waals surface area (Å²) in [5.41, 5.74) is 3.63. The fourth-order valence-corrected chi connectivity index (χ4v) is 1.96. The van der Waals surface area contributed by atoms with E-state index in [0.29, 0.717) is 6.42 Å². The van der Waals surface area contributed by atoms with Crippen LogP contribution in [0.3, 0.4) is 0 Å². The van der Waals surface area contributed by atoms with Crippen molar-refractivity contribution in [1.29, 1.82) is 0 Å². The fourth-order valence-electron chi connectivity index (χ4n) is 1.96. The Hall–Kier alpha value is -2.30. The summed E-state index contributed by atoms with van der Waals surface area (Å²) >= 11 is 0. The van der Waals surface area contributed by atoms with Crippen LogP contribution < -0.4 is 4.74 Å². The molecule has 5 heteroatoms. The minimum atomic E-state index is -0.808. The lowest BCUT2D eigenvalue weighted by atomic mass is 10.0. The third-order valence-corrected chi connectivity index (χ3v) is 3.04. The second kappa shape index (κ2) is 5.56. The molecular formula is C14H16N2O3. The maximum Gasteiger partial charge on any atom is 0.303 e. The molecule has 0 radical (unpaired) electrons. The monoisotopic (exact) mass is 260 g/mol. The topological polar surface area (TPSA) is 75.2 Å². The predicted octanol–water partition coefficient (Wildman–Crippen LogP) is 2.41. The van der Waals surface area contributed by atoms with Crippen molar-refractivity contribution in [1.82, 2.24) is 10.2 Å². The lowest BCUT2D eigenvalue weighted by Crippen LogP contribution is -1.98. The summed E-state index contributed by atoms with van der Waals surface area (Å²) in [5, 5.41) is 15.9. The molecule has 0 aliphatic carbocycles. The number of H-pyrrole nitrogens is 1. The number of carboxylic acid groups (broad SMARTS) is 1. The van der Waals surface area contributed by atoms with Crippen LogP contribution in [0.15, 0.2) is 24.3 Å². The zero-order chi connectivity index (χ0) is 13.8. The van der Waals surface area contributed by atoms with Gasteiger partial charge in [-0.1, -0.05) is 12.1 Å². The molecule has 0 aliphatic heterocycles. The second-order valence-corrected chi connectivity index (χ2v) is 4.30. The molecule has 100 valence electrons. The first-order chi connectivity index (χ1) is 9.11. The van der Waals surface area contributed by atoms with Gasteiger partial charge < -0.3 is 9.84 Å². The first-order valence-electron chi connectivity index (χ1n) is 6.02. The summed E-state index contributed by atoms with van der Waals surface area (Å²) in [6.45, 7) is 1.94. The van der Waals surface area contributed by atoms with E-state index in [1.807, 2.05) is 31.2 Å². The highest BCUT2D eigenvalue weighted by molar-refractivity contribution is 5.68. The van der Waals surface area contributed by atoms with Gasteiger partial charge in [0.15, 0.2) is 0 Å². The number of aryl methyl sites for hydroxylation is 1. The van der Waals surface area contributed by atoms with Gasteiger partial charge in [-0.15, -0.1) is 0 Å². The summed E-state index contributed by atoms with van der Waals surface area (Å²) in [5.74, 6) is -0.0380. The average Bonchev–Trinajstić information content (AvgIpc) is 2.78. The molecule has 0 saturated carbocycles. The van der Waals surface area contributed by atoms with Crippen LogP contribution in [0.2, 0.25) is 0 Å². The van der Waals surface area contributed by atoms with Crippen molar-refractivity contribution in [2.75, 3.05) is 7.11 Å². The van der Waals surface area contributed by atoms with E-state index in [0.717, 1.165) is 28.3 Å². The average molecular weight is 260 g/mol. The summed E-state index contributed by atoms with van der Waals surface area (Å²) in [4.78, 5) is 10.6. The number of benzene rings is 1. The maximum atomic E-state index is 10.6. The van der Waals surface area contributed by atoms with Crippen LogP contribution in [0.1, 0.15) is 17.7 Å². The first kappa shape index (κ1) is 13.1. The highest BCUT2D eigenvalue weighted by atomic mass is 16.5. The third kappa shape index (κ3) is 2.93. The Balaban J connectivity index is 2.27. The van der Waals surface area contributed by atoms with Crippen LogP contribution in [0.5, 0.6) is 5.75 Å². The Morgan fingerprint density at radius 1 is 1.47 bits per heavy atom. The van der Waals surface area contributed by atoms with Crippen molar-refractivity contribution in [2.24, 2.45) is 0 Å². The number of aromatic nitrogens is 2. The zero-order valence-electron chi connectivity index (χ0n) is 10.9. The molecule has 0 fully saturated rings. The third-order valence-electron chi connectivity index (χ3n) is 3.04. The van der Waals surface area contributed by atoms with Gasteiger partial charge in [0.25, 0.3) is 0 Å². The van der Waals surface area contributed by atoms with Gasteiger partial charge in [0.2, 0.25) is 0 Å². The van der Waals surface area contributed by atoms with Crippen LogP contribution >= 0.6 is 0 Å². The summed E-state index contributed by atoms with van der Waals surface area (Å²) in [6, 6.07) is 7.63. The molecule has 0 atom stereocenters. The van der Waals surface area contributed by atoms with E-state index in [1.165, 1.54) is 0 Å². The smallest absolute Gasteiger partial charge is 0.303 e. The van der Waals surface area contributed by atoms with E-state index < -0.39 is 5.97 Å². The summed E-state index contributed by atoms with van der Waals surface area (Å²) in [6.07, 6.45) is 0.554. The number of methoxy groups -OCH3 is 1. The molecule has 0 amide bonds. The zero-order valence-corrected chi connectivity index (χ0v) is 10.9. The predicted molar refractivity (Wildman–Crippen MR) is 71.3 cm³/mol. The Kier molecular flexibility index (Phi) is 3.85. The summed E-state index contributed by atoms with van der Waals surface area (Å²) in [7, 11) is 1.62. The van der Waals surface area contributed by atoms with Gasteiger partial charge in [-0.05, 0) is 31.0 Å². The standard InChI is InChI=1S/C14H16N2O3/c1-9-12(6-7-13(17)18)15-16-14(9)10-4-3-5-11(8-10)19-2/h3-5,8H,6-7H2,1-2H3,(H,15,16)(H,17,18). The van der Waals surface area contributed by atoms with E-state index >= 15 is 0 Å². The number of hydrogen-bond acceptors (Lipinski definition) is 3. The SMILES string of the molecule is COc1cccc(-c2n[nH]c(CCC(=O)O)c2C)c1. The second-order valence-electron chi connectivity index (χ2n) is 4.30. The molecule has 0 unspecified atom stereocenters. The molecule has 1 aromatic heterocycles. The van der Waals surface area contributed by atoms with Crippen LogP contribution in [0.4, 0.5) is 0 Å². The van der Waals surface area contributed by atoms with Crippen molar-refractivity contribution in [3.05, 3.63) is 35.5 Å². The van der Waals surface area contributed by atoms with Gasteiger partial charge in [0.1, 0.15) is 5.75 Å². The largest absolute Gasteiger partial charge is 0.497 e. The number of ether oxygens (including phenoxy) is 1. The molecule has 0 aliphatic rings. The number of rotatable bonds is 5. The van der Waals surface area contributed by atoms with Crippen molar-refractivity contribution < 1.29 is 14.6 Å². The van der Waals surface area contributed by atoms with Crippen molar-refractivity contribution in [2.45, 2.75) is 19.8 Å². The van der Waals surface area contributed by atoms with E-state index in [9.17, 15) is 4.79 Å². The Morgan fingerprint density at radius 3 is 2.95 bits per heavy atom. The van der Waals surface area contributed by atoms with E-state index in [-0.39, 0.29) is 6.42 Å². The number of aromatic amines is 1. The number of nitrogens with zero attached hydrogens (tertiary/aromatic N) is 1. The van der Waals surface area contributed by atoms with Gasteiger partial charge in [0.05, 0.1) is 19.2 Å². The molecule has 2 N–H and O–H groups in total. The van der Waals surface area contributed by atoms with Gasteiger partial charge in [-0.3, -0.25) is 9.89 Å². The van der Waals surface area contributed by atoms with E-state index in [4.69, 9.17) is 9.84 Å². The molecule has 2 aromatic rings. The quantitative estimate of drug-likeness (QED) is 0.865. The normalized spacial score (nSPS) is 10.4. The van der Waals surface area contributed by atoms with Crippen molar-refractivity contribution in [3.63, 3.8) is 0 Å². The van der Waals surface area contributed by atoms with Gasteiger partial charge in [-0.25, -0.2) is 0 Å². The Bertz CT molecular complexity index is 590. The first-order valence-corrected chi connectivity index (χ1v) is 6.02. The van der Waals surface area contributed by atoms with Crippen LogP contribution in [-0.4, -0.2) is 28.4 Å². The number of nitrogens with one attached hydrogen (secondary N) is 1. The van der Waals surface area contributed by atoms with Crippen LogP contribution in [-0.2, 0) is 11.2 Å². The summed E-state index contributed by atoms with van der Waals surface area (Å²) < 4.78 is 5.19. The minimum absolute atomic E-state index is 0.0978. The van der Waals surface area contributed by atoms with Crippen molar-refractivity contribution in [3.8, 4) is 17.0 Å². The maximum absolute atomic E-state index is 10.6. The number of carbonyl (C=O) groups is 1. The number of aliphatic carboxylic acids is 1. The molecular weight excluding hydrogens is 244 g/mol. The van der Waals surface area contributed by atoms with Crippen LogP contribution in [0.25, 0.3) is 11.3 Å². The number of hydrogen-bond donors (Lipinski definition) is 2. The highest BCUT2D eigenvalue weighted by Crippen LogP contribution is 2.26. The lowest BCUT2D eigenvalue weighted by Gasteiger charge is -2.03. The Morgan fingerprint density at radius 2 is 2.26 bits per heavy atom. The van der Waals surface area contributed by atoms with Gasteiger partial charge in [-0.2, -0.15) is 5.10 Å².